The van der Waals surface area contributed by atoms with Crippen molar-refractivity contribution in [3.63, 3.8) is 0 Å². The third-order valence-corrected chi connectivity index (χ3v) is 6.52. The van der Waals surface area contributed by atoms with Crippen LogP contribution in [0.15, 0.2) is 18.3 Å². The van der Waals surface area contributed by atoms with Gasteiger partial charge >= 0.3 is 0 Å². The van der Waals surface area contributed by atoms with Crippen molar-refractivity contribution >= 4 is 23.7 Å². The smallest absolute Gasteiger partial charge is 0.143 e. The van der Waals surface area contributed by atoms with Gasteiger partial charge in [0.05, 0.1) is 31.1 Å². The average molecular weight is 443 g/mol. The fraction of sp³-hybridized carbons (Fsp3) is 0.625. The molecule has 0 bridgehead atoms. The summed E-state index contributed by atoms with van der Waals surface area (Å²) in [5.41, 5.74) is 0.357. The maximum atomic E-state index is 12.0. The van der Waals surface area contributed by atoms with Gasteiger partial charge in [0.2, 0.25) is 0 Å². The van der Waals surface area contributed by atoms with Crippen molar-refractivity contribution in [2.24, 2.45) is 5.92 Å². The number of aliphatic hydroxyl groups is 1. The minimum Gasteiger partial charge on any atom is -0.385 e. The van der Waals surface area contributed by atoms with Crippen LogP contribution in [0.25, 0.3) is 0 Å². The fourth-order valence-corrected chi connectivity index (χ4v) is 4.33. The number of rotatable bonds is 11. The molecule has 32 heavy (non-hydrogen) atoms. The van der Waals surface area contributed by atoms with Gasteiger partial charge in [-0.25, -0.2) is 4.98 Å². The molecule has 1 aliphatic heterocycles. The highest BCUT2D eigenvalue weighted by Gasteiger charge is 2.34. The van der Waals surface area contributed by atoms with Gasteiger partial charge in [-0.1, -0.05) is 33.6 Å². The molecule has 3 unspecified atom stereocenters. The third-order valence-electron chi connectivity index (χ3n) is 6.52. The van der Waals surface area contributed by atoms with Gasteiger partial charge < -0.3 is 25.5 Å². The van der Waals surface area contributed by atoms with E-state index in [1.54, 1.807) is 6.20 Å². The van der Waals surface area contributed by atoms with Gasteiger partial charge in [0.25, 0.3) is 0 Å². The molecular formula is C24H38N6O2. The minimum absolute atomic E-state index is 0.175. The molecule has 0 saturated carbocycles. The second-order valence-electron chi connectivity index (χ2n) is 8.98. The number of H-pyrrole nitrogens is 1. The lowest BCUT2D eigenvalue weighted by molar-refractivity contribution is 0.0118. The number of hydrogen-bond donors (Lipinski definition) is 4. The summed E-state index contributed by atoms with van der Waals surface area (Å²) < 4.78 is 5.62. The molecule has 176 valence electrons. The first kappa shape index (κ1) is 24.2. The van der Waals surface area contributed by atoms with Crippen molar-refractivity contribution in [1.82, 2.24) is 15.2 Å². The molecule has 0 aliphatic carbocycles. The van der Waals surface area contributed by atoms with Crippen LogP contribution >= 0.6 is 0 Å². The monoisotopic (exact) mass is 442 g/mol. The number of aromatic amines is 1. The summed E-state index contributed by atoms with van der Waals surface area (Å²) in [6, 6.07) is 3.99. The Morgan fingerprint density at radius 1 is 1.44 bits per heavy atom. The molecule has 1 fully saturated rings. The number of ether oxygens (including phenoxy) is 1. The number of nitrogens with zero attached hydrogens (tertiary/aromatic N) is 3. The number of hydrogen-bond acceptors (Lipinski definition) is 7. The molecule has 1 aliphatic rings. The maximum absolute atomic E-state index is 12.0. The first-order valence-electron chi connectivity index (χ1n) is 11.8. The zero-order chi connectivity index (χ0) is 23.1. The molecule has 3 atom stereocenters. The normalized spacial score (nSPS) is 19.4. The molecule has 0 spiro atoms. The molecule has 2 aromatic heterocycles. The highest BCUT2D eigenvalue weighted by Crippen LogP contribution is 2.39. The lowest BCUT2D eigenvalue weighted by Crippen LogP contribution is -2.44. The third kappa shape index (κ3) is 5.48. The van der Waals surface area contributed by atoms with Crippen LogP contribution in [0, 0.1) is 11.3 Å². The van der Waals surface area contributed by atoms with Crippen LogP contribution in [-0.2, 0) is 10.3 Å². The van der Waals surface area contributed by atoms with E-state index in [4.69, 9.17) is 15.1 Å². The molecule has 0 amide bonds. The SMILES string of the molecule is CCCC(O)(CCC(C)CC)c1cc(N2CCOCC2C)nc(Nc2ccn[nH]2)c1C=N. The molecule has 3 heterocycles. The van der Waals surface area contributed by atoms with Crippen LogP contribution in [0.1, 0.15) is 70.9 Å². The Labute approximate surface area is 191 Å². The van der Waals surface area contributed by atoms with Crippen molar-refractivity contribution in [2.75, 3.05) is 30.0 Å². The lowest BCUT2D eigenvalue weighted by Gasteiger charge is -2.37. The van der Waals surface area contributed by atoms with Gasteiger partial charge in [-0.2, -0.15) is 5.10 Å². The summed E-state index contributed by atoms with van der Waals surface area (Å²) in [5, 5.41) is 30.3. The molecule has 2 aromatic rings. The fourth-order valence-electron chi connectivity index (χ4n) is 4.33. The number of nitrogens with one attached hydrogen (secondary N) is 3. The Balaban J connectivity index is 2.11. The molecule has 0 radical (unpaired) electrons. The van der Waals surface area contributed by atoms with Gasteiger partial charge in [-0.3, -0.25) is 5.10 Å². The Morgan fingerprint density at radius 2 is 2.25 bits per heavy atom. The average Bonchev–Trinajstić information content (AvgIpc) is 3.30. The second-order valence-corrected chi connectivity index (χ2v) is 8.98. The number of anilines is 3. The number of aromatic nitrogens is 3. The number of pyridine rings is 1. The van der Waals surface area contributed by atoms with Crippen molar-refractivity contribution in [2.45, 2.75) is 71.4 Å². The Morgan fingerprint density at radius 3 is 2.88 bits per heavy atom. The molecule has 8 heteroatoms. The quantitative estimate of drug-likeness (QED) is 0.379. The Bertz CT molecular complexity index is 872. The van der Waals surface area contributed by atoms with Gasteiger partial charge in [0, 0.05) is 24.4 Å². The zero-order valence-electron chi connectivity index (χ0n) is 19.8. The maximum Gasteiger partial charge on any atom is 0.143 e. The molecule has 3 rings (SSSR count). The van der Waals surface area contributed by atoms with Crippen molar-refractivity contribution in [3.8, 4) is 0 Å². The summed E-state index contributed by atoms with van der Waals surface area (Å²) in [7, 11) is 0. The summed E-state index contributed by atoms with van der Waals surface area (Å²) in [6.45, 7) is 10.6. The molecule has 8 nitrogen and oxygen atoms in total. The van der Waals surface area contributed by atoms with E-state index < -0.39 is 5.60 Å². The van der Waals surface area contributed by atoms with Crippen LogP contribution in [0.4, 0.5) is 17.5 Å². The standard InChI is InChI=1S/C24H38N6O2/c1-5-9-24(31,10-7-17(3)6-2)20-14-22(30-12-13-32-16-18(30)4)28-23(19(20)15-25)27-21-8-11-26-29-21/h8,11,14-15,17-18,25,31H,5-7,9-10,12-13,16H2,1-4H3,(H2,26,27,28,29). The summed E-state index contributed by atoms with van der Waals surface area (Å²) in [5.74, 6) is 2.57. The highest BCUT2D eigenvalue weighted by molar-refractivity contribution is 5.89. The summed E-state index contributed by atoms with van der Waals surface area (Å²) in [4.78, 5) is 7.11. The summed E-state index contributed by atoms with van der Waals surface area (Å²) in [6.07, 6.45) is 7.12. The van der Waals surface area contributed by atoms with Crippen LogP contribution < -0.4 is 10.2 Å². The van der Waals surface area contributed by atoms with Gasteiger partial charge in [-0.15, -0.1) is 0 Å². The van der Waals surface area contributed by atoms with Crippen LogP contribution in [0.2, 0.25) is 0 Å². The lowest BCUT2D eigenvalue weighted by atomic mass is 9.81. The molecule has 4 N–H and O–H groups in total. The highest BCUT2D eigenvalue weighted by atomic mass is 16.5. The number of morpholine rings is 1. The van der Waals surface area contributed by atoms with Crippen LogP contribution in [-0.4, -0.2) is 52.3 Å². The van der Waals surface area contributed by atoms with E-state index in [2.05, 4.69) is 48.1 Å². The van der Waals surface area contributed by atoms with E-state index in [1.165, 1.54) is 6.21 Å². The Hall–Kier alpha value is -2.45. The van der Waals surface area contributed by atoms with E-state index in [0.29, 0.717) is 49.2 Å². The molecular weight excluding hydrogens is 404 g/mol. The first-order chi connectivity index (χ1) is 15.4. The van der Waals surface area contributed by atoms with E-state index in [1.807, 2.05) is 12.1 Å². The largest absolute Gasteiger partial charge is 0.385 e. The topological polar surface area (TPSA) is 110 Å². The van der Waals surface area contributed by atoms with Crippen molar-refractivity contribution in [3.05, 3.63) is 29.5 Å². The van der Waals surface area contributed by atoms with Gasteiger partial charge in [-0.05, 0) is 43.7 Å². The first-order valence-corrected chi connectivity index (χ1v) is 11.8. The van der Waals surface area contributed by atoms with E-state index >= 15 is 0 Å². The van der Waals surface area contributed by atoms with Gasteiger partial charge in [0.15, 0.2) is 0 Å². The molecule has 1 saturated heterocycles. The van der Waals surface area contributed by atoms with Crippen LogP contribution in [0.5, 0.6) is 0 Å². The van der Waals surface area contributed by atoms with Crippen molar-refractivity contribution < 1.29 is 9.84 Å². The summed E-state index contributed by atoms with van der Waals surface area (Å²) >= 11 is 0. The van der Waals surface area contributed by atoms with E-state index in [9.17, 15) is 5.11 Å². The van der Waals surface area contributed by atoms with E-state index in [0.717, 1.165) is 37.2 Å². The minimum atomic E-state index is -1.03. The zero-order valence-corrected chi connectivity index (χ0v) is 19.8. The van der Waals surface area contributed by atoms with Gasteiger partial charge in [0.1, 0.15) is 17.5 Å². The van der Waals surface area contributed by atoms with Crippen molar-refractivity contribution in [1.29, 1.82) is 5.41 Å². The van der Waals surface area contributed by atoms with Crippen LogP contribution in [0.3, 0.4) is 0 Å². The second kappa shape index (κ2) is 10.9. The predicted molar refractivity (Wildman–Crippen MR) is 129 cm³/mol. The molecule has 0 aromatic carbocycles. The predicted octanol–water partition coefficient (Wildman–Crippen LogP) is 4.59. The Kier molecular flexibility index (Phi) is 8.26. The van der Waals surface area contributed by atoms with E-state index in [-0.39, 0.29) is 6.04 Å².